The number of carbonyl (C=O) groups is 2. The summed E-state index contributed by atoms with van der Waals surface area (Å²) in [5.41, 5.74) is 0.918. The lowest BCUT2D eigenvalue weighted by molar-refractivity contribution is -0.134. The first-order chi connectivity index (χ1) is 13.0. The number of H-pyrrole nitrogens is 1. The van der Waals surface area contributed by atoms with Crippen LogP contribution in [0, 0.1) is 17.8 Å². The third-order valence-corrected chi connectivity index (χ3v) is 6.74. The van der Waals surface area contributed by atoms with Crippen LogP contribution in [-0.2, 0) is 9.53 Å². The quantitative estimate of drug-likeness (QED) is 0.813. The zero-order chi connectivity index (χ0) is 18.6. The molecular formula is C21H25N3O3. The molecule has 4 saturated carbocycles. The average Bonchev–Trinajstić information content (AvgIpc) is 3.04. The number of ether oxygens (including phenoxy) is 1. The molecule has 6 heteroatoms. The highest BCUT2D eigenvalue weighted by molar-refractivity contribution is 6.02. The summed E-state index contributed by atoms with van der Waals surface area (Å²) < 4.78 is 5.45. The lowest BCUT2D eigenvalue weighted by Crippen LogP contribution is -2.61. The molecule has 1 aromatic carbocycles. The lowest BCUT2D eigenvalue weighted by atomic mass is 9.53. The summed E-state index contributed by atoms with van der Waals surface area (Å²) in [7, 11) is 0. The smallest absolute Gasteiger partial charge is 0.360 e. The number of para-hydroxylation sites is 1. The van der Waals surface area contributed by atoms with E-state index in [4.69, 9.17) is 4.74 Å². The molecule has 0 spiro atoms. The van der Waals surface area contributed by atoms with Gasteiger partial charge in [-0.1, -0.05) is 18.2 Å². The summed E-state index contributed by atoms with van der Waals surface area (Å²) in [6.45, 7) is 1.64. The van der Waals surface area contributed by atoms with E-state index in [1.165, 1.54) is 19.3 Å². The fourth-order valence-corrected chi connectivity index (χ4v) is 6.02. The second kappa shape index (κ2) is 6.08. The molecule has 1 amide bonds. The van der Waals surface area contributed by atoms with Crippen molar-refractivity contribution < 1.29 is 14.3 Å². The van der Waals surface area contributed by atoms with Crippen molar-refractivity contribution in [2.45, 2.75) is 57.1 Å². The standard InChI is InChI=1S/C21H25N3O3/c1-12(27-20(26)18-16-4-2-3-5-17(16)23-24-18)19(25)22-21-9-13-6-14(10-21)8-15(7-13)11-21/h2-5,12-15H,6-11H2,1H3,(H,22,25)(H,23,24)/t12-,13?,14?,15?,21?/m0/s1. The van der Waals surface area contributed by atoms with Crippen LogP contribution in [0.15, 0.2) is 24.3 Å². The number of carbonyl (C=O) groups excluding carboxylic acids is 2. The summed E-state index contributed by atoms with van der Waals surface area (Å²) in [4.78, 5) is 25.3. The third kappa shape index (κ3) is 2.91. The van der Waals surface area contributed by atoms with E-state index in [0.717, 1.165) is 42.5 Å². The van der Waals surface area contributed by atoms with Gasteiger partial charge in [0.05, 0.1) is 5.52 Å². The molecule has 27 heavy (non-hydrogen) atoms. The van der Waals surface area contributed by atoms with E-state index in [-0.39, 0.29) is 17.1 Å². The Balaban J connectivity index is 1.26. The van der Waals surface area contributed by atoms with Gasteiger partial charge in [0.1, 0.15) is 0 Å². The molecule has 2 aromatic rings. The molecule has 0 aliphatic heterocycles. The highest BCUT2D eigenvalue weighted by Crippen LogP contribution is 2.55. The van der Waals surface area contributed by atoms with E-state index < -0.39 is 12.1 Å². The first-order valence-electron chi connectivity index (χ1n) is 9.97. The Kier molecular flexibility index (Phi) is 3.78. The minimum Gasteiger partial charge on any atom is -0.448 e. The third-order valence-electron chi connectivity index (χ3n) is 6.74. The van der Waals surface area contributed by atoms with Gasteiger partial charge in [0, 0.05) is 10.9 Å². The van der Waals surface area contributed by atoms with Gasteiger partial charge in [-0.25, -0.2) is 4.79 Å². The van der Waals surface area contributed by atoms with Crippen molar-refractivity contribution in [3.8, 4) is 0 Å². The Morgan fingerprint density at radius 3 is 2.44 bits per heavy atom. The predicted molar refractivity (Wildman–Crippen MR) is 100 cm³/mol. The van der Waals surface area contributed by atoms with Gasteiger partial charge < -0.3 is 10.1 Å². The summed E-state index contributed by atoms with van der Waals surface area (Å²) in [6.07, 6.45) is 6.38. The van der Waals surface area contributed by atoms with Gasteiger partial charge in [-0.05, 0) is 69.3 Å². The van der Waals surface area contributed by atoms with Crippen molar-refractivity contribution in [2.75, 3.05) is 0 Å². The molecule has 4 fully saturated rings. The molecule has 0 radical (unpaired) electrons. The SMILES string of the molecule is C[C@H](OC(=O)c1n[nH]c2ccccc12)C(=O)NC12CC3CC(CC(C3)C1)C2. The number of rotatable bonds is 4. The molecular weight excluding hydrogens is 342 g/mol. The first kappa shape index (κ1) is 16.8. The predicted octanol–water partition coefficient (Wildman–Crippen LogP) is 3.19. The number of esters is 1. The van der Waals surface area contributed by atoms with Crippen LogP contribution in [-0.4, -0.2) is 33.7 Å². The number of nitrogens with zero attached hydrogens (tertiary/aromatic N) is 1. The second-order valence-corrected chi connectivity index (χ2v) is 8.85. The molecule has 6 nitrogen and oxygen atoms in total. The Morgan fingerprint density at radius 1 is 1.15 bits per heavy atom. The number of hydrogen-bond acceptors (Lipinski definition) is 4. The lowest BCUT2D eigenvalue weighted by Gasteiger charge is -2.57. The van der Waals surface area contributed by atoms with Crippen molar-refractivity contribution >= 4 is 22.8 Å². The molecule has 1 heterocycles. The monoisotopic (exact) mass is 367 g/mol. The van der Waals surface area contributed by atoms with Crippen molar-refractivity contribution in [2.24, 2.45) is 17.8 Å². The van der Waals surface area contributed by atoms with E-state index in [1.54, 1.807) is 6.92 Å². The summed E-state index contributed by atoms with van der Waals surface area (Å²) in [6, 6.07) is 7.38. The zero-order valence-corrected chi connectivity index (χ0v) is 15.5. The van der Waals surface area contributed by atoms with Crippen LogP contribution in [0.5, 0.6) is 0 Å². The topological polar surface area (TPSA) is 84.1 Å². The van der Waals surface area contributed by atoms with Gasteiger partial charge in [-0.3, -0.25) is 9.89 Å². The highest BCUT2D eigenvalue weighted by atomic mass is 16.5. The van der Waals surface area contributed by atoms with Crippen LogP contribution in [0.1, 0.15) is 55.9 Å². The van der Waals surface area contributed by atoms with Gasteiger partial charge in [-0.15, -0.1) is 0 Å². The number of nitrogens with one attached hydrogen (secondary N) is 2. The van der Waals surface area contributed by atoms with Crippen molar-refractivity contribution in [3.05, 3.63) is 30.0 Å². The fraction of sp³-hybridized carbons (Fsp3) is 0.571. The van der Waals surface area contributed by atoms with Crippen LogP contribution in [0.4, 0.5) is 0 Å². The molecule has 0 unspecified atom stereocenters. The van der Waals surface area contributed by atoms with Gasteiger partial charge in [0.15, 0.2) is 11.8 Å². The maximum atomic E-state index is 12.8. The minimum atomic E-state index is -0.832. The minimum absolute atomic E-state index is 0.0778. The number of amides is 1. The maximum Gasteiger partial charge on any atom is 0.360 e. The van der Waals surface area contributed by atoms with E-state index in [1.807, 2.05) is 24.3 Å². The van der Waals surface area contributed by atoms with Gasteiger partial charge in [0.25, 0.3) is 5.91 Å². The van der Waals surface area contributed by atoms with E-state index in [2.05, 4.69) is 15.5 Å². The van der Waals surface area contributed by atoms with E-state index >= 15 is 0 Å². The molecule has 2 N–H and O–H groups in total. The maximum absolute atomic E-state index is 12.8. The number of aromatic nitrogens is 2. The Bertz CT molecular complexity index is 868. The summed E-state index contributed by atoms with van der Waals surface area (Å²) in [5, 5.41) is 10.9. The van der Waals surface area contributed by atoms with Crippen molar-refractivity contribution in [1.82, 2.24) is 15.5 Å². The molecule has 0 saturated heterocycles. The van der Waals surface area contributed by atoms with Crippen molar-refractivity contribution in [3.63, 3.8) is 0 Å². The number of benzene rings is 1. The molecule has 1 aromatic heterocycles. The van der Waals surface area contributed by atoms with Crippen LogP contribution in [0.25, 0.3) is 10.9 Å². The Labute approximate surface area is 158 Å². The Hall–Kier alpha value is -2.37. The number of aromatic amines is 1. The largest absolute Gasteiger partial charge is 0.448 e. The second-order valence-electron chi connectivity index (χ2n) is 8.85. The average molecular weight is 367 g/mol. The van der Waals surface area contributed by atoms with Crippen LogP contribution in [0.2, 0.25) is 0 Å². The normalized spacial score (nSPS) is 32.4. The fourth-order valence-electron chi connectivity index (χ4n) is 6.02. The molecule has 1 atom stereocenters. The van der Waals surface area contributed by atoms with Gasteiger partial charge >= 0.3 is 5.97 Å². The number of hydrogen-bond donors (Lipinski definition) is 2. The summed E-state index contributed by atoms with van der Waals surface area (Å²) >= 11 is 0. The first-order valence-corrected chi connectivity index (χ1v) is 9.97. The van der Waals surface area contributed by atoms with E-state index in [0.29, 0.717) is 5.39 Å². The van der Waals surface area contributed by atoms with E-state index in [9.17, 15) is 9.59 Å². The zero-order valence-electron chi connectivity index (χ0n) is 15.5. The van der Waals surface area contributed by atoms with Gasteiger partial charge in [-0.2, -0.15) is 5.10 Å². The van der Waals surface area contributed by atoms with Gasteiger partial charge in [0.2, 0.25) is 0 Å². The molecule has 4 bridgehead atoms. The van der Waals surface area contributed by atoms with Crippen molar-refractivity contribution in [1.29, 1.82) is 0 Å². The number of fused-ring (bicyclic) bond motifs is 1. The Morgan fingerprint density at radius 2 is 1.78 bits per heavy atom. The molecule has 142 valence electrons. The molecule has 4 aliphatic rings. The highest BCUT2D eigenvalue weighted by Gasteiger charge is 2.51. The van der Waals surface area contributed by atoms with Crippen LogP contribution in [0.3, 0.4) is 0 Å². The summed E-state index contributed by atoms with van der Waals surface area (Å²) in [5.74, 6) is 1.50. The molecule has 4 aliphatic carbocycles. The van der Waals surface area contributed by atoms with Crippen LogP contribution < -0.4 is 5.32 Å². The van der Waals surface area contributed by atoms with Crippen LogP contribution >= 0.6 is 0 Å². The molecule has 6 rings (SSSR count).